The number of rotatable bonds is 5. The van der Waals surface area contributed by atoms with Crippen LogP contribution in [-0.2, 0) is 4.74 Å². The lowest BCUT2D eigenvalue weighted by Crippen LogP contribution is -2.17. The third kappa shape index (κ3) is 4.81. The van der Waals surface area contributed by atoms with Crippen molar-refractivity contribution in [2.24, 2.45) is 5.92 Å². The summed E-state index contributed by atoms with van der Waals surface area (Å²) in [5.41, 5.74) is 1.09. The molecule has 2 aromatic rings. The second kappa shape index (κ2) is 7.51. The van der Waals surface area contributed by atoms with Crippen LogP contribution in [0.4, 0.5) is 16.2 Å². The van der Waals surface area contributed by atoms with Gasteiger partial charge >= 0.3 is 6.09 Å². The predicted molar refractivity (Wildman–Crippen MR) is 84.1 cm³/mol. The van der Waals surface area contributed by atoms with Gasteiger partial charge in [-0.1, -0.05) is 24.4 Å². The Kier molecular flexibility index (Phi) is 5.42. The van der Waals surface area contributed by atoms with Crippen molar-refractivity contribution >= 4 is 34.9 Å². The molecule has 0 saturated heterocycles. The van der Waals surface area contributed by atoms with Crippen molar-refractivity contribution in [1.82, 2.24) is 9.59 Å². The Hall–Kier alpha value is -2.48. The highest BCUT2D eigenvalue weighted by molar-refractivity contribution is 7.07. The molecule has 0 aliphatic carbocycles. The minimum absolute atomic E-state index is 0.268. The number of ether oxygens (including phenoxy) is 1. The van der Waals surface area contributed by atoms with Crippen LogP contribution in [0.15, 0.2) is 30.5 Å². The number of nitrogens with zero attached hydrogens (tertiary/aromatic N) is 2. The van der Waals surface area contributed by atoms with E-state index in [9.17, 15) is 9.59 Å². The number of carbonyl (C=O) groups is 2. The molecule has 0 spiro atoms. The molecule has 0 atom stereocenters. The topological polar surface area (TPSA) is 93.2 Å². The monoisotopic (exact) mass is 320 g/mol. The van der Waals surface area contributed by atoms with Crippen LogP contribution in [0.5, 0.6) is 0 Å². The predicted octanol–water partition coefficient (Wildman–Crippen LogP) is 2.99. The van der Waals surface area contributed by atoms with Gasteiger partial charge in [-0.3, -0.25) is 10.1 Å². The Balaban J connectivity index is 1.95. The number of amides is 2. The molecule has 0 bridgehead atoms. The minimum atomic E-state index is -0.524. The molecule has 0 radical (unpaired) electrons. The van der Waals surface area contributed by atoms with Gasteiger partial charge in [-0.25, -0.2) is 4.79 Å². The second-order valence-electron chi connectivity index (χ2n) is 4.93. The van der Waals surface area contributed by atoms with Crippen molar-refractivity contribution in [2.45, 2.75) is 13.8 Å². The summed E-state index contributed by atoms with van der Waals surface area (Å²) < 4.78 is 8.67. The fourth-order valence-corrected chi connectivity index (χ4v) is 1.94. The van der Waals surface area contributed by atoms with E-state index in [1.165, 1.54) is 6.20 Å². The van der Waals surface area contributed by atoms with Crippen LogP contribution in [-0.4, -0.2) is 28.2 Å². The van der Waals surface area contributed by atoms with Crippen molar-refractivity contribution in [3.8, 4) is 0 Å². The molecule has 22 heavy (non-hydrogen) atoms. The van der Waals surface area contributed by atoms with Crippen molar-refractivity contribution in [3.05, 3.63) is 35.3 Å². The van der Waals surface area contributed by atoms with Gasteiger partial charge in [0.1, 0.15) is 4.88 Å². The standard InChI is InChI=1S/C14H16N4O3S/c1-9(2)8-21-14(20)17-11-5-3-4-10(6-11)16-13(19)12-7-15-18-22-12/h3-7,9H,8H2,1-2H3,(H,16,19)(H,17,20). The van der Waals surface area contributed by atoms with Crippen LogP contribution >= 0.6 is 11.5 Å². The van der Waals surface area contributed by atoms with E-state index in [4.69, 9.17) is 4.74 Å². The zero-order valence-corrected chi connectivity index (χ0v) is 13.0. The van der Waals surface area contributed by atoms with Gasteiger partial charge in [-0.05, 0) is 35.6 Å². The van der Waals surface area contributed by atoms with Gasteiger partial charge in [0, 0.05) is 11.4 Å². The molecule has 0 saturated carbocycles. The molecule has 2 N–H and O–H groups in total. The van der Waals surface area contributed by atoms with E-state index in [0.717, 1.165) is 11.5 Å². The van der Waals surface area contributed by atoms with E-state index < -0.39 is 6.09 Å². The van der Waals surface area contributed by atoms with E-state index in [2.05, 4.69) is 20.2 Å². The van der Waals surface area contributed by atoms with Crippen molar-refractivity contribution < 1.29 is 14.3 Å². The van der Waals surface area contributed by atoms with Crippen LogP contribution in [0, 0.1) is 5.92 Å². The largest absolute Gasteiger partial charge is 0.449 e. The number of anilines is 2. The maximum absolute atomic E-state index is 11.9. The number of aromatic nitrogens is 2. The second-order valence-corrected chi connectivity index (χ2v) is 5.72. The Bertz CT molecular complexity index is 643. The van der Waals surface area contributed by atoms with E-state index >= 15 is 0 Å². The Morgan fingerprint density at radius 2 is 2.00 bits per heavy atom. The molecular formula is C14H16N4O3S. The quantitative estimate of drug-likeness (QED) is 0.883. The zero-order chi connectivity index (χ0) is 15.9. The van der Waals surface area contributed by atoms with Crippen LogP contribution in [0.3, 0.4) is 0 Å². The lowest BCUT2D eigenvalue weighted by atomic mass is 10.2. The van der Waals surface area contributed by atoms with Crippen molar-refractivity contribution in [2.75, 3.05) is 17.2 Å². The van der Waals surface area contributed by atoms with Gasteiger partial charge in [-0.2, -0.15) is 0 Å². The Morgan fingerprint density at radius 3 is 2.64 bits per heavy atom. The maximum Gasteiger partial charge on any atom is 0.411 e. The fourth-order valence-electron chi connectivity index (χ4n) is 1.53. The molecule has 116 valence electrons. The number of nitrogens with one attached hydrogen (secondary N) is 2. The number of carbonyl (C=O) groups excluding carboxylic acids is 2. The first-order valence-electron chi connectivity index (χ1n) is 6.67. The molecule has 0 aliphatic rings. The highest BCUT2D eigenvalue weighted by atomic mass is 32.1. The summed E-state index contributed by atoms with van der Waals surface area (Å²) in [5.74, 6) is -0.0288. The third-order valence-electron chi connectivity index (χ3n) is 2.50. The summed E-state index contributed by atoms with van der Waals surface area (Å²) in [6.07, 6.45) is 0.870. The molecule has 7 nitrogen and oxygen atoms in total. The fraction of sp³-hybridized carbons (Fsp3) is 0.286. The van der Waals surface area contributed by atoms with Gasteiger partial charge in [0.25, 0.3) is 5.91 Å². The molecule has 1 heterocycles. The highest BCUT2D eigenvalue weighted by Gasteiger charge is 2.10. The molecule has 0 unspecified atom stereocenters. The summed E-state index contributed by atoms with van der Waals surface area (Å²) in [4.78, 5) is 23.9. The molecular weight excluding hydrogens is 304 g/mol. The SMILES string of the molecule is CC(C)COC(=O)Nc1cccc(NC(=O)c2cnns2)c1. The van der Waals surface area contributed by atoms with E-state index in [0.29, 0.717) is 22.9 Å². The number of hydrogen-bond donors (Lipinski definition) is 2. The third-order valence-corrected chi connectivity index (χ3v) is 3.16. The van der Waals surface area contributed by atoms with Crippen LogP contribution < -0.4 is 10.6 Å². The summed E-state index contributed by atoms with van der Waals surface area (Å²) in [5, 5.41) is 8.93. The Morgan fingerprint density at radius 1 is 1.27 bits per heavy atom. The summed E-state index contributed by atoms with van der Waals surface area (Å²) in [6.45, 7) is 4.26. The van der Waals surface area contributed by atoms with Crippen LogP contribution in [0.1, 0.15) is 23.5 Å². The molecule has 0 fully saturated rings. The summed E-state index contributed by atoms with van der Waals surface area (Å²) in [7, 11) is 0. The van der Waals surface area contributed by atoms with Crippen molar-refractivity contribution in [1.29, 1.82) is 0 Å². The molecule has 2 amide bonds. The normalized spacial score (nSPS) is 10.3. The first-order valence-corrected chi connectivity index (χ1v) is 7.44. The van der Waals surface area contributed by atoms with Crippen LogP contribution in [0.25, 0.3) is 0 Å². The lowest BCUT2D eigenvalue weighted by Gasteiger charge is -2.10. The summed E-state index contributed by atoms with van der Waals surface area (Å²) in [6, 6.07) is 6.79. The van der Waals surface area contributed by atoms with Gasteiger partial charge in [-0.15, -0.1) is 5.10 Å². The molecule has 2 rings (SSSR count). The first-order chi connectivity index (χ1) is 10.5. The number of benzene rings is 1. The molecule has 1 aromatic heterocycles. The average molecular weight is 320 g/mol. The van der Waals surface area contributed by atoms with Gasteiger partial charge in [0.05, 0.1) is 12.8 Å². The first kappa shape index (κ1) is 15.9. The Labute approximate surface area is 131 Å². The van der Waals surface area contributed by atoms with E-state index in [-0.39, 0.29) is 11.8 Å². The van der Waals surface area contributed by atoms with Gasteiger partial charge < -0.3 is 10.1 Å². The smallest absolute Gasteiger partial charge is 0.411 e. The maximum atomic E-state index is 11.9. The minimum Gasteiger partial charge on any atom is -0.449 e. The highest BCUT2D eigenvalue weighted by Crippen LogP contribution is 2.17. The molecule has 8 heteroatoms. The van der Waals surface area contributed by atoms with Crippen molar-refractivity contribution in [3.63, 3.8) is 0 Å². The number of hydrogen-bond acceptors (Lipinski definition) is 6. The van der Waals surface area contributed by atoms with Crippen LogP contribution in [0.2, 0.25) is 0 Å². The molecule has 1 aromatic carbocycles. The zero-order valence-electron chi connectivity index (χ0n) is 12.2. The average Bonchev–Trinajstić information content (AvgIpc) is 3.00. The molecule has 0 aliphatic heterocycles. The van der Waals surface area contributed by atoms with Gasteiger partial charge in [0.15, 0.2) is 0 Å². The van der Waals surface area contributed by atoms with E-state index in [1.807, 2.05) is 13.8 Å². The van der Waals surface area contributed by atoms with E-state index in [1.54, 1.807) is 24.3 Å². The summed E-state index contributed by atoms with van der Waals surface area (Å²) >= 11 is 1.01. The van der Waals surface area contributed by atoms with Gasteiger partial charge in [0.2, 0.25) is 0 Å². The lowest BCUT2D eigenvalue weighted by molar-refractivity contribution is 0.103.